The summed E-state index contributed by atoms with van der Waals surface area (Å²) in [4.78, 5) is 4.21. The van der Waals surface area contributed by atoms with Gasteiger partial charge in [-0.05, 0) is 25.1 Å². The molecule has 3 rings (SSSR count). The summed E-state index contributed by atoms with van der Waals surface area (Å²) in [5.41, 5.74) is 2.10. The molecule has 0 spiro atoms. The van der Waals surface area contributed by atoms with Gasteiger partial charge in [0.2, 0.25) is 0 Å². The predicted molar refractivity (Wildman–Crippen MR) is 69.6 cm³/mol. The molecule has 0 bridgehead atoms. The van der Waals surface area contributed by atoms with Crippen LogP contribution in [0.4, 0.5) is 0 Å². The minimum atomic E-state index is 0.756. The van der Waals surface area contributed by atoms with E-state index in [4.69, 9.17) is 0 Å². The molecule has 0 radical (unpaired) electrons. The number of hydrogen-bond acceptors (Lipinski definition) is 2. The molecule has 1 aromatic carbocycles. The molecule has 2 heterocycles. The van der Waals surface area contributed by atoms with Crippen molar-refractivity contribution in [2.75, 3.05) is 0 Å². The molecule has 18 heavy (non-hydrogen) atoms. The summed E-state index contributed by atoms with van der Waals surface area (Å²) in [6, 6.07) is 12.1. The summed E-state index contributed by atoms with van der Waals surface area (Å²) in [7, 11) is 0. The minimum Gasteiger partial charge on any atom is -0.329 e. The second kappa shape index (κ2) is 4.49. The minimum absolute atomic E-state index is 0.756. The van der Waals surface area contributed by atoms with E-state index >= 15 is 0 Å². The van der Waals surface area contributed by atoms with Crippen LogP contribution in [0, 0.1) is 6.92 Å². The van der Waals surface area contributed by atoms with E-state index in [-0.39, 0.29) is 0 Å². The van der Waals surface area contributed by atoms with Crippen molar-refractivity contribution >= 4 is 0 Å². The van der Waals surface area contributed by atoms with Crippen LogP contribution in [0.3, 0.4) is 0 Å². The summed E-state index contributed by atoms with van der Waals surface area (Å²) < 4.78 is 3.97. The van der Waals surface area contributed by atoms with Crippen molar-refractivity contribution in [1.29, 1.82) is 0 Å². The Morgan fingerprint density at radius 2 is 1.89 bits per heavy atom. The van der Waals surface area contributed by atoms with E-state index < -0.39 is 0 Å². The molecule has 0 atom stereocenters. The first-order valence-corrected chi connectivity index (χ1v) is 5.90. The summed E-state index contributed by atoms with van der Waals surface area (Å²) in [5, 5.41) is 4.56. The molecule has 4 heteroatoms. The van der Waals surface area contributed by atoms with Gasteiger partial charge in [-0.1, -0.05) is 18.2 Å². The molecule has 3 aromatic rings. The fraction of sp³-hybridized carbons (Fsp3) is 0.143. The quantitative estimate of drug-likeness (QED) is 0.702. The Bertz CT molecular complexity index is 637. The molecule has 0 saturated heterocycles. The van der Waals surface area contributed by atoms with Crippen molar-refractivity contribution in [1.82, 2.24) is 19.3 Å². The molecule has 0 aliphatic heterocycles. The van der Waals surface area contributed by atoms with Crippen LogP contribution in [-0.4, -0.2) is 19.3 Å². The maximum atomic E-state index is 4.56. The lowest BCUT2D eigenvalue weighted by molar-refractivity contribution is 0.722. The first-order chi connectivity index (χ1) is 8.83. The van der Waals surface area contributed by atoms with Gasteiger partial charge in [-0.15, -0.1) is 0 Å². The van der Waals surface area contributed by atoms with Gasteiger partial charge in [-0.2, -0.15) is 5.10 Å². The second-order valence-corrected chi connectivity index (χ2v) is 4.19. The number of rotatable bonds is 3. The largest absolute Gasteiger partial charge is 0.329 e. The third-order valence-corrected chi connectivity index (χ3v) is 2.92. The van der Waals surface area contributed by atoms with Crippen molar-refractivity contribution in [3.05, 3.63) is 66.5 Å². The van der Waals surface area contributed by atoms with Crippen molar-refractivity contribution in [2.45, 2.75) is 13.5 Å². The third-order valence-electron chi connectivity index (χ3n) is 2.92. The molecule has 0 N–H and O–H groups in total. The zero-order chi connectivity index (χ0) is 12.4. The maximum absolute atomic E-state index is 4.56. The number of aryl methyl sites for hydroxylation is 1. The third kappa shape index (κ3) is 2.05. The number of hydrogen-bond donors (Lipinski definition) is 0. The summed E-state index contributed by atoms with van der Waals surface area (Å²) in [6.07, 6.45) is 5.76. The number of benzene rings is 1. The van der Waals surface area contributed by atoms with Crippen molar-refractivity contribution in [3.8, 4) is 5.69 Å². The zero-order valence-corrected chi connectivity index (χ0v) is 10.2. The van der Waals surface area contributed by atoms with Gasteiger partial charge < -0.3 is 4.57 Å². The molecule has 0 saturated carbocycles. The fourth-order valence-electron chi connectivity index (χ4n) is 1.92. The molecule has 2 aromatic heterocycles. The van der Waals surface area contributed by atoms with Crippen LogP contribution in [0.5, 0.6) is 0 Å². The SMILES string of the molecule is Cc1nccn1Cc1ccn(-c2ccccc2)n1. The first kappa shape index (κ1) is 10.8. The number of imidazole rings is 1. The first-order valence-electron chi connectivity index (χ1n) is 5.90. The Balaban J connectivity index is 1.84. The Morgan fingerprint density at radius 1 is 1.06 bits per heavy atom. The van der Waals surface area contributed by atoms with E-state index in [1.807, 2.05) is 66.6 Å². The van der Waals surface area contributed by atoms with Gasteiger partial charge in [-0.25, -0.2) is 9.67 Å². The van der Waals surface area contributed by atoms with Gasteiger partial charge in [0.1, 0.15) is 5.82 Å². The van der Waals surface area contributed by atoms with Gasteiger partial charge in [-0.3, -0.25) is 0 Å². The van der Waals surface area contributed by atoms with Gasteiger partial charge in [0, 0.05) is 18.6 Å². The van der Waals surface area contributed by atoms with E-state index in [9.17, 15) is 0 Å². The van der Waals surface area contributed by atoms with Crippen LogP contribution in [0.15, 0.2) is 55.0 Å². The molecule has 0 aliphatic carbocycles. The summed E-state index contributed by atoms with van der Waals surface area (Å²) in [6.45, 7) is 2.75. The average molecular weight is 238 g/mol. The molecule has 0 unspecified atom stereocenters. The fourth-order valence-corrected chi connectivity index (χ4v) is 1.92. The van der Waals surface area contributed by atoms with E-state index in [1.54, 1.807) is 0 Å². The van der Waals surface area contributed by atoms with Crippen molar-refractivity contribution in [2.24, 2.45) is 0 Å². The van der Waals surface area contributed by atoms with Gasteiger partial charge in [0.15, 0.2) is 0 Å². The lowest BCUT2D eigenvalue weighted by Gasteiger charge is -2.02. The second-order valence-electron chi connectivity index (χ2n) is 4.19. The highest BCUT2D eigenvalue weighted by molar-refractivity contribution is 5.30. The Morgan fingerprint density at radius 3 is 2.61 bits per heavy atom. The molecule has 0 aliphatic rings. The van der Waals surface area contributed by atoms with Crippen LogP contribution in [-0.2, 0) is 6.54 Å². The lowest BCUT2D eigenvalue weighted by atomic mass is 10.3. The molecular formula is C14H14N4. The van der Waals surface area contributed by atoms with Gasteiger partial charge >= 0.3 is 0 Å². The van der Waals surface area contributed by atoms with Gasteiger partial charge in [0.05, 0.1) is 17.9 Å². The smallest absolute Gasteiger partial charge is 0.105 e. The van der Waals surface area contributed by atoms with Crippen molar-refractivity contribution in [3.63, 3.8) is 0 Å². The van der Waals surface area contributed by atoms with Crippen LogP contribution >= 0.6 is 0 Å². The lowest BCUT2D eigenvalue weighted by Crippen LogP contribution is -2.02. The van der Waals surface area contributed by atoms with Crippen LogP contribution < -0.4 is 0 Å². The summed E-state index contributed by atoms with van der Waals surface area (Å²) >= 11 is 0. The normalized spacial score (nSPS) is 10.7. The van der Waals surface area contributed by atoms with Crippen LogP contribution in [0.2, 0.25) is 0 Å². The number of aromatic nitrogens is 4. The number of para-hydroxylation sites is 1. The predicted octanol–water partition coefficient (Wildman–Crippen LogP) is 2.43. The molecule has 4 nitrogen and oxygen atoms in total. The van der Waals surface area contributed by atoms with Crippen LogP contribution in [0.25, 0.3) is 5.69 Å². The van der Waals surface area contributed by atoms with E-state index in [0.29, 0.717) is 0 Å². The monoisotopic (exact) mass is 238 g/mol. The molecule has 90 valence electrons. The van der Waals surface area contributed by atoms with E-state index in [0.717, 1.165) is 23.8 Å². The van der Waals surface area contributed by atoms with Crippen LogP contribution in [0.1, 0.15) is 11.5 Å². The summed E-state index contributed by atoms with van der Waals surface area (Å²) in [5.74, 6) is 1.00. The standard InChI is InChI=1S/C14H14N4/c1-12-15-8-10-17(12)11-13-7-9-18(16-13)14-5-3-2-4-6-14/h2-10H,11H2,1H3. The molecule has 0 amide bonds. The Kier molecular flexibility index (Phi) is 2.68. The van der Waals surface area contributed by atoms with Gasteiger partial charge in [0.25, 0.3) is 0 Å². The number of nitrogens with zero attached hydrogens (tertiary/aromatic N) is 4. The Labute approximate surface area is 106 Å². The Hall–Kier alpha value is -2.36. The van der Waals surface area contributed by atoms with E-state index in [1.165, 1.54) is 0 Å². The zero-order valence-electron chi connectivity index (χ0n) is 10.2. The highest BCUT2D eigenvalue weighted by Gasteiger charge is 2.03. The molecule has 0 fully saturated rings. The topological polar surface area (TPSA) is 35.6 Å². The van der Waals surface area contributed by atoms with Crippen molar-refractivity contribution < 1.29 is 0 Å². The molecular weight excluding hydrogens is 224 g/mol. The maximum Gasteiger partial charge on any atom is 0.105 e. The highest BCUT2D eigenvalue weighted by Crippen LogP contribution is 2.08. The van der Waals surface area contributed by atoms with E-state index in [2.05, 4.69) is 14.6 Å². The highest BCUT2D eigenvalue weighted by atomic mass is 15.3. The average Bonchev–Trinajstić information content (AvgIpc) is 3.02.